The van der Waals surface area contributed by atoms with Crippen molar-refractivity contribution in [1.29, 1.82) is 0 Å². The quantitative estimate of drug-likeness (QED) is 0.823. The zero-order valence-corrected chi connectivity index (χ0v) is 15.7. The van der Waals surface area contributed by atoms with E-state index in [0.717, 1.165) is 10.7 Å². The number of methoxy groups -OCH3 is 1. The number of nitrogens with one attached hydrogen (secondary N) is 1. The van der Waals surface area contributed by atoms with Crippen LogP contribution >= 0.6 is 0 Å². The lowest BCUT2D eigenvalue weighted by Crippen LogP contribution is -2.49. The number of carbonyl (C=O) groups is 2. The van der Waals surface area contributed by atoms with Crippen LogP contribution in [0.25, 0.3) is 0 Å². The van der Waals surface area contributed by atoms with Crippen LogP contribution in [0.1, 0.15) is 38.7 Å². The number of rotatable bonds is 6. The summed E-state index contributed by atoms with van der Waals surface area (Å²) in [5.74, 6) is -0.440. The number of sulfonamides is 1. The molecule has 8 heteroatoms. The minimum absolute atomic E-state index is 0.0256. The molecule has 7 nitrogen and oxygen atoms in total. The smallest absolute Gasteiger partial charge is 0.267 e. The topological polar surface area (TPSA) is 92.8 Å². The summed E-state index contributed by atoms with van der Waals surface area (Å²) in [6.07, 6.45) is 0.944. The van der Waals surface area contributed by atoms with Gasteiger partial charge in [-0.3, -0.25) is 9.59 Å². The number of nitrogens with zero attached hydrogens (tertiary/aromatic N) is 1. The van der Waals surface area contributed by atoms with Crippen molar-refractivity contribution in [3.05, 3.63) is 23.8 Å². The van der Waals surface area contributed by atoms with E-state index in [4.69, 9.17) is 4.74 Å². The highest BCUT2D eigenvalue weighted by Gasteiger charge is 2.44. The SMILES string of the molecule is CC[C@@H](C)NC(=O)[C@H]1CCC(=O)N1S(=O)(=O)c1ccc(OC)c(C)c1. The lowest BCUT2D eigenvalue weighted by Gasteiger charge is -2.25. The zero-order valence-electron chi connectivity index (χ0n) is 14.9. The highest BCUT2D eigenvalue weighted by atomic mass is 32.2. The van der Waals surface area contributed by atoms with E-state index >= 15 is 0 Å². The van der Waals surface area contributed by atoms with E-state index in [2.05, 4.69) is 5.32 Å². The van der Waals surface area contributed by atoms with Gasteiger partial charge in [0.15, 0.2) is 0 Å². The molecule has 0 bridgehead atoms. The summed E-state index contributed by atoms with van der Waals surface area (Å²) >= 11 is 0. The number of hydrogen-bond acceptors (Lipinski definition) is 5. The summed E-state index contributed by atoms with van der Waals surface area (Å²) in [6.45, 7) is 5.47. The fourth-order valence-corrected chi connectivity index (χ4v) is 4.46. The van der Waals surface area contributed by atoms with Crippen molar-refractivity contribution < 1.29 is 22.7 Å². The average molecular weight is 368 g/mol. The Morgan fingerprint density at radius 2 is 2.12 bits per heavy atom. The van der Waals surface area contributed by atoms with Crippen molar-refractivity contribution in [2.75, 3.05) is 7.11 Å². The Morgan fingerprint density at radius 1 is 1.44 bits per heavy atom. The molecule has 2 amide bonds. The standard InChI is InChI=1S/C17H24N2O5S/c1-5-12(3)18-17(21)14-7-9-16(20)19(14)25(22,23)13-6-8-15(24-4)11(2)10-13/h6,8,10,12,14H,5,7,9H2,1-4H3,(H,18,21)/t12-,14-/m1/s1. The molecule has 1 fully saturated rings. The summed E-state index contributed by atoms with van der Waals surface area (Å²) in [7, 11) is -2.61. The number of hydrogen-bond donors (Lipinski definition) is 1. The second-order valence-electron chi connectivity index (χ2n) is 6.20. The maximum absolute atomic E-state index is 13.0. The Morgan fingerprint density at radius 3 is 2.68 bits per heavy atom. The van der Waals surface area contributed by atoms with Crippen LogP contribution in [-0.4, -0.2) is 43.7 Å². The van der Waals surface area contributed by atoms with E-state index in [0.29, 0.717) is 11.3 Å². The lowest BCUT2D eigenvalue weighted by atomic mass is 10.2. The molecule has 0 saturated carbocycles. The van der Waals surface area contributed by atoms with Crippen molar-refractivity contribution in [2.24, 2.45) is 0 Å². The van der Waals surface area contributed by atoms with Crippen molar-refractivity contribution in [3.8, 4) is 5.75 Å². The molecule has 0 unspecified atom stereocenters. The molecule has 0 aromatic heterocycles. The van der Waals surface area contributed by atoms with Gasteiger partial charge in [0.1, 0.15) is 11.8 Å². The maximum atomic E-state index is 13.0. The van der Waals surface area contributed by atoms with Crippen LogP contribution in [0, 0.1) is 6.92 Å². The van der Waals surface area contributed by atoms with Crippen LogP contribution in [0.3, 0.4) is 0 Å². The van der Waals surface area contributed by atoms with E-state index in [9.17, 15) is 18.0 Å². The molecule has 1 heterocycles. The van der Waals surface area contributed by atoms with Gasteiger partial charge in [-0.2, -0.15) is 0 Å². The largest absolute Gasteiger partial charge is 0.496 e. The van der Waals surface area contributed by atoms with Crippen LogP contribution in [0.2, 0.25) is 0 Å². The van der Waals surface area contributed by atoms with Crippen LogP contribution in [0.5, 0.6) is 5.75 Å². The Bertz CT molecular complexity index is 775. The average Bonchev–Trinajstić information content (AvgIpc) is 2.97. The summed E-state index contributed by atoms with van der Waals surface area (Å²) in [5.41, 5.74) is 0.635. The fraction of sp³-hybridized carbons (Fsp3) is 0.529. The van der Waals surface area contributed by atoms with E-state index in [1.807, 2.05) is 13.8 Å². The molecule has 1 aromatic carbocycles. The van der Waals surface area contributed by atoms with Crippen molar-refractivity contribution in [3.63, 3.8) is 0 Å². The molecule has 25 heavy (non-hydrogen) atoms. The molecule has 1 aliphatic heterocycles. The normalized spacial score (nSPS) is 19.0. The first kappa shape index (κ1) is 19.2. The minimum Gasteiger partial charge on any atom is -0.496 e. The second kappa shape index (κ2) is 7.43. The predicted octanol–water partition coefficient (Wildman–Crippen LogP) is 1.60. The molecule has 138 valence electrons. The first-order chi connectivity index (χ1) is 11.7. The highest BCUT2D eigenvalue weighted by Crippen LogP contribution is 2.29. The van der Waals surface area contributed by atoms with Crippen molar-refractivity contribution >= 4 is 21.8 Å². The Balaban J connectivity index is 2.36. The minimum atomic E-state index is -4.10. The molecule has 0 aliphatic carbocycles. The Labute approximate surface area is 148 Å². The van der Waals surface area contributed by atoms with E-state index in [1.54, 1.807) is 6.92 Å². The molecular weight excluding hydrogens is 344 g/mol. The van der Waals surface area contributed by atoms with Crippen molar-refractivity contribution in [1.82, 2.24) is 9.62 Å². The van der Waals surface area contributed by atoms with Gasteiger partial charge in [0.25, 0.3) is 10.0 Å². The molecule has 2 atom stereocenters. The summed E-state index contributed by atoms with van der Waals surface area (Å²) in [6, 6.07) is 3.28. The number of ether oxygens (including phenoxy) is 1. The summed E-state index contributed by atoms with van der Waals surface area (Å²) in [4.78, 5) is 24.6. The van der Waals surface area contributed by atoms with Crippen LogP contribution in [-0.2, 0) is 19.6 Å². The molecule has 0 spiro atoms. The second-order valence-corrected chi connectivity index (χ2v) is 8.01. The first-order valence-corrected chi connectivity index (χ1v) is 9.68. The monoisotopic (exact) mass is 368 g/mol. The first-order valence-electron chi connectivity index (χ1n) is 8.24. The van der Waals surface area contributed by atoms with Gasteiger partial charge in [0.2, 0.25) is 11.8 Å². The van der Waals surface area contributed by atoms with E-state index in [1.165, 1.54) is 25.3 Å². The van der Waals surface area contributed by atoms with Gasteiger partial charge in [-0.1, -0.05) is 6.92 Å². The van der Waals surface area contributed by atoms with Gasteiger partial charge in [0.05, 0.1) is 12.0 Å². The Hall–Kier alpha value is -2.09. The number of carbonyl (C=O) groups excluding carboxylic acids is 2. The maximum Gasteiger partial charge on any atom is 0.267 e. The summed E-state index contributed by atoms with van der Waals surface area (Å²) < 4.78 is 31.8. The third-order valence-corrected chi connectivity index (χ3v) is 6.21. The number of benzene rings is 1. The molecule has 1 aliphatic rings. The van der Waals surface area contributed by atoms with E-state index < -0.39 is 27.9 Å². The van der Waals surface area contributed by atoms with Gasteiger partial charge in [-0.05, 0) is 50.5 Å². The van der Waals surface area contributed by atoms with Crippen molar-refractivity contribution in [2.45, 2.75) is 57.0 Å². The Kier molecular flexibility index (Phi) is 5.72. The van der Waals surface area contributed by atoms with Gasteiger partial charge in [-0.15, -0.1) is 0 Å². The molecule has 1 N–H and O–H groups in total. The predicted molar refractivity (Wildman–Crippen MR) is 92.7 cm³/mol. The molecule has 2 rings (SSSR count). The number of amides is 2. The molecule has 1 aromatic rings. The number of aryl methyl sites for hydroxylation is 1. The van der Waals surface area contributed by atoms with Gasteiger partial charge in [0, 0.05) is 12.5 Å². The van der Waals surface area contributed by atoms with Crippen LogP contribution in [0.15, 0.2) is 23.1 Å². The summed E-state index contributed by atoms with van der Waals surface area (Å²) in [5, 5.41) is 2.76. The lowest BCUT2D eigenvalue weighted by molar-refractivity contribution is -0.131. The molecular formula is C17H24N2O5S. The van der Waals surface area contributed by atoms with Gasteiger partial charge in [-0.25, -0.2) is 12.7 Å². The van der Waals surface area contributed by atoms with Crippen LogP contribution < -0.4 is 10.1 Å². The van der Waals surface area contributed by atoms with Gasteiger partial charge >= 0.3 is 0 Å². The fourth-order valence-electron chi connectivity index (χ4n) is 2.77. The molecule has 0 radical (unpaired) electrons. The third kappa shape index (κ3) is 3.78. The molecule has 1 saturated heterocycles. The third-order valence-electron chi connectivity index (χ3n) is 4.39. The van der Waals surface area contributed by atoms with Crippen LogP contribution in [0.4, 0.5) is 0 Å². The van der Waals surface area contributed by atoms with Gasteiger partial charge < -0.3 is 10.1 Å². The zero-order chi connectivity index (χ0) is 18.8. The van der Waals surface area contributed by atoms with E-state index in [-0.39, 0.29) is 23.8 Å². The highest BCUT2D eigenvalue weighted by molar-refractivity contribution is 7.89.